The van der Waals surface area contributed by atoms with Gasteiger partial charge in [0.05, 0.1) is 0 Å². The lowest BCUT2D eigenvalue weighted by atomic mass is 10.3. The van der Waals surface area contributed by atoms with E-state index in [0.29, 0.717) is 0 Å². The van der Waals surface area contributed by atoms with Gasteiger partial charge < -0.3 is 9.80 Å². The summed E-state index contributed by atoms with van der Waals surface area (Å²) in [5.41, 5.74) is 0. The molecule has 1 aliphatic heterocycles. The van der Waals surface area contributed by atoms with Crippen LogP contribution in [0.25, 0.3) is 0 Å². The van der Waals surface area contributed by atoms with Gasteiger partial charge in [-0.25, -0.2) is 0 Å². The van der Waals surface area contributed by atoms with E-state index < -0.39 is 0 Å². The van der Waals surface area contributed by atoms with Crippen LogP contribution < -0.4 is 0 Å². The largest absolute Gasteiger partial charge is 0.301 e. The number of hydrogen-bond acceptors (Lipinski definition) is 2. The number of rotatable bonds is 2. The van der Waals surface area contributed by atoms with Gasteiger partial charge in [0.15, 0.2) is 0 Å². The molecule has 0 saturated carbocycles. The Labute approximate surface area is 131 Å². The van der Waals surface area contributed by atoms with E-state index in [4.69, 9.17) is 0 Å². The molecule has 0 aromatic carbocycles. The molecule has 1 aliphatic rings. The zero-order chi connectivity index (χ0) is 16.8. The van der Waals surface area contributed by atoms with Crippen molar-refractivity contribution < 1.29 is 0 Å². The van der Waals surface area contributed by atoms with Crippen LogP contribution in [0.2, 0.25) is 0 Å². The van der Waals surface area contributed by atoms with Gasteiger partial charge in [0, 0.05) is 26.2 Å². The van der Waals surface area contributed by atoms with Crippen LogP contribution in [-0.4, -0.2) is 49.1 Å². The highest BCUT2D eigenvalue weighted by Gasteiger charge is 2.12. The molecule has 20 heavy (non-hydrogen) atoms. The molecule has 0 amide bonds. The molecule has 0 aliphatic carbocycles. The van der Waals surface area contributed by atoms with Crippen LogP contribution in [0.5, 0.6) is 0 Å². The average molecular weight is 291 g/mol. The summed E-state index contributed by atoms with van der Waals surface area (Å²) in [4.78, 5) is 5.01. The second-order valence-electron chi connectivity index (χ2n) is 4.28. The standard InChI is InChI=1S/C8H18N2.2C3H8.2C2H6/c1-3-9-5-7-10(4-2)8-6-9;2*1-3-2;2*1-2/h3-8H2,1-2H3;2*3H2,1-2H3;2*1-2H3. The van der Waals surface area contributed by atoms with Gasteiger partial charge in [0.2, 0.25) is 0 Å². The Morgan fingerprint density at radius 1 is 0.500 bits per heavy atom. The van der Waals surface area contributed by atoms with Crippen LogP contribution in [0, 0.1) is 0 Å². The monoisotopic (exact) mass is 290 g/mol. The van der Waals surface area contributed by atoms with E-state index in [9.17, 15) is 0 Å². The molecule has 0 bridgehead atoms. The minimum Gasteiger partial charge on any atom is -0.301 e. The Hall–Kier alpha value is -0.0800. The molecule has 1 heterocycles. The maximum atomic E-state index is 2.51. The maximum absolute atomic E-state index is 2.51. The van der Waals surface area contributed by atoms with Gasteiger partial charge in [-0.05, 0) is 13.1 Å². The lowest BCUT2D eigenvalue weighted by Crippen LogP contribution is -2.45. The first-order valence-electron chi connectivity index (χ1n) is 9.14. The molecule has 0 N–H and O–H groups in total. The number of likely N-dealkylation sites (N-methyl/N-ethyl adjacent to an activating group) is 2. The molecule has 1 saturated heterocycles. The molecule has 0 unspecified atom stereocenters. The van der Waals surface area contributed by atoms with Crippen molar-refractivity contribution in [3.8, 4) is 0 Å². The quantitative estimate of drug-likeness (QED) is 0.660. The average Bonchev–Trinajstić information content (AvgIpc) is 2.53. The van der Waals surface area contributed by atoms with Crippen molar-refractivity contribution in [2.24, 2.45) is 0 Å². The molecule has 1 fully saturated rings. The Kier molecular flexibility index (Phi) is 44.1. The van der Waals surface area contributed by atoms with Gasteiger partial charge in [0.25, 0.3) is 0 Å². The van der Waals surface area contributed by atoms with Crippen LogP contribution in [0.15, 0.2) is 0 Å². The Morgan fingerprint density at radius 3 is 0.750 bits per heavy atom. The predicted molar refractivity (Wildman–Crippen MR) is 98.9 cm³/mol. The summed E-state index contributed by atoms with van der Waals surface area (Å²) in [6.07, 6.45) is 2.50. The Morgan fingerprint density at radius 2 is 0.650 bits per heavy atom. The predicted octanol–water partition coefficient (Wildman–Crippen LogP) is 5.53. The van der Waals surface area contributed by atoms with Gasteiger partial charge in [-0.2, -0.15) is 0 Å². The Balaban J connectivity index is -0.000000108. The lowest BCUT2D eigenvalue weighted by molar-refractivity contribution is 0.142. The smallest absolute Gasteiger partial charge is 0.0110 e. The molecule has 1 rings (SSSR count). The van der Waals surface area contributed by atoms with Crippen molar-refractivity contribution in [2.75, 3.05) is 39.3 Å². The summed E-state index contributed by atoms with van der Waals surface area (Å²) in [5.74, 6) is 0. The van der Waals surface area contributed by atoms with E-state index in [1.807, 2.05) is 27.7 Å². The van der Waals surface area contributed by atoms with Crippen molar-refractivity contribution in [1.82, 2.24) is 9.80 Å². The molecule has 2 nitrogen and oxygen atoms in total. The number of nitrogens with zero attached hydrogens (tertiary/aromatic N) is 2. The van der Waals surface area contributed by atoms with Gasteiger partial charge in [-0.1, -0.05) is 82.1 Å². The van der Waals surface area contributed by atoms with Gasteiger partial charge in [-0.15, -0.1) is 0 Å². The molecular formula is C18H46N2. The molecular weight excluding hydrogens is 244 g/mol. The van der Waals surface area contributed by atoms with Crippen LogP contribution in [0.3, 0.4) is 0 Å². The first-order chi connectivity index (χ1) is 9.69. The highest BCUT2D eigenvalue weighted by Crippen LogP contribution is 1.99. The normalized spacial score (nSPS) is 14.1. The minimum atomic E-state index is 1.22. The van der Waals surface area contributed by atoms with Crippen LogP contribution >= 0.6 is 0 Å². The minimum absolute atomic E-state index is 1.22. The van der Waals surface area contributed by atoms with Crippen LogP contribution in [0.4, 0.5) is 0 Å². The fourth-order valence-corrected chi connectivity index (χ4v) is 1.42. The van der Waals surface area contributed by atoms with Gasteiger partial charge >= 0.3 is 0 Å². The van der Waals surface area contributed by atoms with Crippen molar-refractivity contribution in [1.29, 1.82) is 0 Å². The van der Waals surface area contributed by atoms with E-state index >= 15 is 0 Å². The Bertz CT molecular complexity index is 94.0. The third-order valence-corrected chi connectivity index (χ3v) is 2.36. The SMILES string of the molecule is CC.CC.CCC.CCC.CCN1CCN(CC)CC1. The highest BCUT2D eigenvalue weighted by atomic mass is 15.2. The van der Waals surface area contributed by atoms with Gasteiger partial charge in [-0.3, -0.25) is 0 Å². The van der Waals surface area contributed by atoms with Crippen molar-refractivity contribution in [2.45, 2.75) is 82.1 Å². The zero-order valence-electron chi connectivity index (χ0n) is 16.6. The van der Waals surface area contributed by atoms with E-state index in [0.717, 1.165) is 0 Å². The number of piperazine rings is 1. The lowest BCUT2D eigenvalue weighted by Gasteiger charge is -2.33. The molecule has 0 radical (unpaired) electrons. The van der Waals surface area contributed by atoms with Crippen molar-refractivity contribution >= 4 is 0 Å². The highest BCUT2D eigenvalue weighted by molar-refractivity contribution is 4.69. The zero-order valence-corrected chi connectivity index (χ0v) is 16.6. The third-order valence-electron chi connectivity index (χ3n) is 2.36. The van der Waals surface area contributed by atoms with Gasteiger partial charge in [0.1, 0.15) is 0 Å². The summed E-state index contributed by atoms with van der Waals surface area (Å²) in [5, 5.41) is 0. The first kappa shape index (κ1) is 28.1. The second kappa shape index (κ2) is 31.4. The molecule has 128 valence electrons. The summed E-state index contributed by atoms with van der Waals surface area (Å²) >= 11 is 0. The van der Waals surface area contributed by atoms with E-state index in [1.165, 1.54) is 52.1 Å². The summed E-state index contributed by atoms with van der Waals surface area (Å²) in [7, 11) is 0. The summed E-state index contributed by atoms with van der Waals surface area (Å²) < 4.78 is 0. The topological polar surface area (TPSA) is 6.48 Å². The van der Waals surface area contributed by atoms with Crippen LogP contribution in [0.1, 0.15) is 82.1 Å². The van der Waals surface area contributed by atoms with Crippen molar-refractivity contribution in [3.63, 3.8) is 0 Å². The first-order valence-corrected chi connectivity index (χ1v) is 9.14. The molecule has 0 aromatic heterocycles. The summed E-state index contributed by atoms with van der Waals surface area (Å²) in [6.45, 7) is 28.5. The fourth-order valence-electron chi connectivity index (χ4n) is 1.42. The molecule has 0 spiro atoms. The maximum Gasteiger partial charge on any atom is 0.0110 e. The van der Waals surface area contributed by atoms with E-state index in [-0.39, 0.29) is 0 Å². The van der Waals surface area contributed by atoms with Crippen LogP contribution in [-0.2, 0) is 0 Å². The second-order valence-corrected chi connectivity index (χ2v) is 4.28. The fraction of sp³-hybridized carbons (Fsp3) is 1.00. The van der Waals surface area contributed by atoms with E-state index in [2.05, 4.69) is 51.3 Å². The molecule has 0 aromatic rings. The van der Waals surface area contributed by atoms with E-state index in [1.54, 1.807) is 0 Å². The number of hydrogen-bond donors (Lipinski definition) is 0. The molecule has 2 heteroatoms. The molecule has 0 atom stereocenters. The van der Waals surface area contributed by atoms with Crippen molar-refractivity contribution in [3.05, 3.63) is 0 Å². The summed E-state index contributed by atoms with van der Waals surface area (Å²) in [6, 6.07) is 0. The third kappa shape index (κ3) is 26.5.